The molecule has 0 fully saturated rings. The Bertz CT molecular complexity index is 532. The van der Waals surface area contributed by atoms with Gasteiger partial charge in [0.1, 0.15) is 0 Å². The quantitative estimate of drug-likeness (QED) is 0.851. The van der Waals surface area contributed by atoms with Gasteiger partial charge >= 0.3 is 0 Å². The van der Waals surface area contributed by atoms with Crippen LogP contribution in [0.5, 0.6) is 0 Å². The minimum Gasteiger partial charge on any atom is -0.352 e. The summed E-state index contributed by atoms with van der Waals surface area (Å²) in [5.74, 6) is 0.671. The molecule has 0 saturated heterocycles. The van der Waals surface area contributed by atoms with Crippen molar-refractivity contribution in [3.8, 4) is 0 Å². The average molecular weight is 245 g/mol. The maximum atomic E-state index is 11.8. The Morgan fingerprint density at radius 2 is 2.06 bits per heavy atom. The van der Waals surface area contributed by atoms with Crippen LogP contribution in [0, 0.1) is 6.92 Å². The van der Waals surface area contributed by atoms with Crippen molar-refractivity contribution in [3.63, 3.8) is 0 Å². The van der Waals surface area contributed by atoms with Gasteiger partial charge in [-0.25, -0.2) is 4.68 Å². The summed E-state index contributed by atoms with van der Waals surface area (Å²) in [4.78, 5) is 11.8. The number of aryl methyl sites for hydroxylation is 2. The topological polar surface area (TPSA) is 72.7 Å². The van der Waals surface area contributed by atoms with E-state index in [-0.39, 0.29) is 5.91 Å². The highest BCUT2D eigenvalue weighted by atomic mass is 16.1. The number of carbonyl (C=O) groups excluding carboxylic acids is 1. The summed E-state index contributed by atoms with van der Waals surface area (Å²) in [5, 5.41) is 13.9. The average Bonchev–Trinajstić information content (AvgIpc) is 2.76. The summed E-state index contributed by atoms with van der Waals surface area (Å²) in [7, 11) is 1.77. The minimum atomic E-state index is -0.0786. The molecule has 0 unspecified atom stereocenters. The zero-order valence-electron chi connectivity index (χ0n) is 10.4. The predicted octanol–water partition coefficient (Wildman–Crippen LogP) is 0.491. The first kappa shape index (κ1) is 12.2. The second-order valence-electron chi connectivity index (χ2n) is 4.09. The number of nitrogens with zero attached hydrogens (tertiary/aromatic N) is 4. The fourth-order valence-corrected chi connectivity index (χ4v) is 1.55. The normalized spacial score (nSPS) is 10.3. The van der Waals surface area contributed by atoms with Crippen LogP contribution in [0.1, 0.15) is 21.7 Å². The van der Waals surface area contributed by atoms with Crippen molar-refractivity contribution >= 4 is 5.91 Å². The highest BCUT2D eigenvalue weighted by Gasteiger charge is 2.06. The number of amides is 1. The molecular formula is C12H15N5O. The molecule has 0 spiro atoms. The van der Waals surface area contributed by atoms with E-state index in [9.17, 15) is 4.79 Å². The molecule has 6 heteroatoms. The summed E-state index contributed by atoms with van der Waals surface area (Å²) in [5.41, 5.74) is 1.80. The Kier molecular flexibility index (Phi) is 3.66. The molecule has 6 nitrogen and oxygen atoms in total. The van der Waals surface area contributed by atoms with Gasteiger partial charge in [0, 0.05) is 25.6 Å². The van der Waals surface area contributed by atoms with Gasteiger partial charge in [0.05, 0.1) is 0 Å². The van der Waals surface area contributed by atoms with Gasteiger partial charge in [-0.2, -0.15) is 0 Å². The number of tetrazole rings is 1. The maximum absolute atomic E-state index is 11.8. The van der Waals surface area contributed by atoms with Crippen LogP contribution in [-0.4, -0.2) is 32.7 Å². The van der Waals surface area contributed by atoms with E-state index in [1.165, 1.54) is 0 Å². The standard InChI is InChI=1S/C12H15N5O/c1-9-3-5-10(6-4-9)12(18)13-8-7-11-14-15-16-17(11)2/h3-6H,7-8H2,1-2H3,(H,13,18). The van der Waals surface area contributed by atoms with E-state index in [1.54, 1.807) is 11.7 Å². The van der Waals surface area contributed by atoms with Crippen molar-refractivity contribution in [3.05, 3.63) is 41.2 Å². The van der Waals surface area contributed by atoms with Gasteiger partial charge in [-0.15, -0.1) is 5.10 Å². The van der Waals surface area contributed by atoms with Gasteiger partial charge < -0.3 is 5.32 Å². The van der Waals surface area contributed by atoms with Gasteiger partial charge in [-0.05, 0) is 29.5 Å². The zero-order chi connectivity index (χ0) is 13.0. The summed E-state index contributed by atoms with van der Waals surface area (Å²) >= 11 is 0. The van der Waals surface area contributed by atoms with E-state index in [4.69, 9.17) is 0 Å². The van der Waals surface area contributed by atoms with Crippen LogP contribution in [0.25, 0.3) is 0 Å². The van der Waals surface area contributed by atoms with Crippen molar-refractivity contribution < 1.29 is 4.79 Å². The van der Waals surface area contributed by atoms with Crippen LogP contribution in [0.2, 0.25) is 0 Å². The second-order valence-corrected chi connectivity index (χ2v) is 4.09. The molecule has 0 atom stereocenters. The Hall–Kier alpha value is -2.24. The molecule has 0 aliphatic rings. The molecule has 1 N–H and O–H groups in total. The van der Waals surface area contributed by atoms with Gasteiger partial charge in [0.25, 0.3) is 5.91 Å². The van der Waals surface area contributed by atoms with Crippen LogP contribution < -0.4 is 5.32 Å². The number of benzene rings is 1. The first-order valence-corrected chi connectivity index (χ1v) is 5.73. The smallest absolute Gasteiger partial charge is 0.251 e. The third-order valence-electron chi connectivity index (χ3n) is 2.66. The fraction of sp³-hybridized carbons (Fsp3) is 0.333. The van der Waals surface area contributed by atoms with Gasteiger partial charge in [0.2, 0.25) is 0 Å². The summed E-state index contributed by atoms with van der Waals surface area (Å²) in [6.45, 7) is 2.50. The van der Waals surface area contributed by atoms with E-state index in [1.807, 2.05) is 31.2 Å². The molecule has 1 aromatic heterocycles. The zero-order valence-corrected chi connectivity index (χ0v) is 10.4. The second kappa shape index (κ2) is 5.39. The minimum absolute atomic E-state index is 0.0786. The molecule has 2 aromatic rings. The first-order chi connectivity index (χ1) is 8.66. The van der Waals surface area contributed by atoms with E-state index < -0.39 is 0 Å². The molecule has 0 aliphatic carbocycles. The molecule has 94 valence electrons. The number of nitrogens with one attached hydrogen (secondary N) is 1. The van der Waals surface area contributed by atoms with Gasteiger partial charge in [-0.1, -0.05) is 17.7 Å². The summed E-state index contributed by atoms with van der Waals surface area (Å²) < 4.78 is 1.60. The molecule has 2 rings (SSSR count). The molecule has 18 heavy (non-hydrogen) atoms. The lowest BCUT2D eigenvalue weighted by atomic mass is 10.1. The van der Waals surface area contributed by atoms with E-state index in [2.05, 4.69) is 20.8 Å². The predicted molar refractivity (Wildman–Crippen MR) is 66.0 cm³/mol. The van der Waals surface area contributed by atoms with E-state index >= 15 is 0 Å². The molecule has 0 bridgehead atoms. The third kappa shape index (κ3) is 2.91. The maximum Gasteiger partial charge on any atom is 0.251 e. The highest BCUT2D eigenvalue weighted by molar-refractivity contribution is 5.94. The largest absolute Gasteiger partial charge is 0.352 e. The number of rotatable bonds is 4. The lowest BCUT2D eigenvalue weighted by Gasteiger charge is -2.04. The monoisotopic (exact) mass is 245 g/mol. The van der Waals surface area contributed by atoms with Gasteiger partial charge in [-0.3, -0.25) is 4.79 Å². The van der Waals surface area contributed by atoms with Crippen LogP contribution in [0.4, 0.5) is 0 Å². The van der Waals surface area contributed by atoms with Crippen molar-refractivity contribution in [2.45, 2.75) is 13.3 Å². The Morgan fingerprint density at radius 1 is 1.33 bits per heavy atom. The number of hydrogen-bond acceptors (Lipinski definition) is 4. The molecule has 1 aromatic carbocycles. The van der Waals surface area contributed by atoms with Crippen LogP contribution in [0.3, 0.4) is 0 Å². The van der Waals surface area contributed by atoms with E-state index in [0.29, 0.717) is 18.5 Å². The van der Waals surface area contributed by atoms with E-state index in [0.717, 1.165) is 11.4 Å². The van der Waals surface area contributed by atoms with Crippen molar-refractivity contribution in [2.75, 3.05) is 6.54 Å². The van der Waals surface area contributed by atoms with Gasteiger partial charge in [0.15, 0.2) is 5.82 Å². The Labute approximate surface area is 105 Å². The SMILES string of the molecule is Cc1ccc(C(=O)NCCc2nnnn2C)cc1. The number of carbonyl (C=O) groups is 1. The molecule has 1 heterocycles. The Balaban J connectivity index is 1.85. The summed E-state index contributed by atoms with van der Waals surface area (Å²) in [6, 6.07) is 7.46. The van der Waals surface area contributed by atoms with Crippen LogP contribution in [-0.2, 0) is 13.5 Å². The lowest BCUT2D eigenvalue weighted by molar-refractivity contribution is 0.0954. The highest BCUT2D eigenvalue weighted by Crippen LogP contribution is 2.02. The fourth-order valence-electron chi connectivity index (χ4n) is 1.55. The molecule has 0 aliphatic heterocycles. The molecular weight excluding hydrogens is 230 g/mol. The summed E-state index contributed by atoms with van der Waals surface area (Å²) in [6.07, 6.45) is 0.612. The molecule has 0 radical (unpaired) electrons. The number of aromatic nitrogens is 4. The Morgan fingerprint density at radius 3 is 2.67 bits per heavy atom. The molecule has 1 amide bonds. The lowest BCUT2D eigenvalue weighted by Crippen LogP contribution is -2.26. The van der Waals surface area contributed by atoms with Crippen LogP contribution >= 0.6 is 0 Å². The van der Waals surface area contributed by atoms with Crippen molar-refractivity contribution in [1.82, 2.24) is 25.5 Å². The van der Waals surface area contributed by atoms with Crippen molar-refractivity contribution in [2.24, 2.45) is 7.05 Å². The third-order valence-corrected chi connectivity index (χ3v) is 2.66. The van der Waals surface area contributed by atoms with Crippen LogP contribution in [0.15, 0.2) is 24.3 Å². The van der Waals surface area contributed by atoms with Crippen molar-refractivity contribution in [1.29, 1.82) is 0 Å². The molecule has 0 saturated carbocycles. The number of hydrogen-bond donors (Lipinski definition) is 1. The first-order valence-electron chi connectivity index (χ1n) is 5.73.